The summed E-state index contributed by atoms with van der Waals surface area (Å²) in [6.45, 7) is 2.32. The average molecular weight is 402 g/mol. The molecule has 1 aliphatic heterocycles. The SMILES string of the molecule is CN(C)CCOCc1cc2c(s1)-c1ccccc1C=c1cc3c(cc1-2)=CC=CO3. The van der Waals surface area contributed by atoms with Gasteiger partial charge < -0.3 is 14.4 Å². The summed E-state index contributed by atoms with van der Waals surface area (Å²) in [5, 5.41) is 2.31. The monoisotopic (exact) mass is 401 g/mol. The molecule has 0 bridgehead atoms. The molecule has 1 aromatic heterocycles. The Morgan fingerprint density at radius 3 is 2.79 bits per heavy atom. The van der Waals surface area contributed by atoms with Crippen LogP contribution in [0.3, 0.4) is 0 Å². The van der Waals surface area contributed by atoms with Crippen molar-refractivity contribution in [2.75, 3.05) is 27.2 Å². The average Bonchev–Trinajstić information content (AvgIpc) is 3.10. The van der Waals surface area contributed by atoms with E-state index < -0.39 is 0 Å². The Hall–Kier alpha value is -2.66. The van der Waals surface area contributed by atoms with Gasteiger partial charge in [0.25, 0.3) is 0 Å². The molecule has 1 aliphatic carbocycles. The summed E-state index contributed by atoms with van der Waals surface area (Å²) < 4.78 is 11.7. The Labute approximate surface area is 174 Å². The second kappa shape index (κ2) is 7.64. The lowest BCUT2D eigenvalue weighted by Crippen LogP contribution is -2.17. The van der Waals surface area contributed by atoms with Crippen molar-refractivity contribution in [1.29, 1.82) is 0 Å². The summed E-state index contributed by atoms with van der Waals surface area (Å²) in [7, 11) is 4.13. The van der Waals surface area contributed by atoms with Crippen LogP contribution in [0.5, 0.6) is 5.75 Å². The van der Waals surface area contributed by atoms with Crippen molar-refractivity contribution in [3.8, 4) is 27.3 Å². The number of allylic oxidation sites excluding steroid dienone is 1. The molecule has 0 amide bonds. The maximum Gasteiger partial charge on any atom is 0.134 e. The number of ether oxygens (including phenoxy) is 2. The number of thiophene rings is 1. The van der Waals surface area contributed by atoms with E-state index in [1.165, 1.54) is 37.2 Å². The number of nitrogens with zero attached hydrogens (tertiary/aromatic N) is 1. The van der Waals surface area contributed by atoms with E-state index in [-0.39, 0.29) is 0 Å². The molecule has 0 saturated carbocycles. The zero-order valence-corrected chi connectivity index (χ0v) is 17.5. The van der Waals surface area contributed by atoms with Gasteiger partial charge in [-0.05, 0) is 72.4 Å². The predicted molar refractivity (Wildman–Crippen MR) is 120 cm³/mol. The Bertz CT molecular complexity index is 1220. The molecule has 0 saturated heterocycles. The van der Waals surface area contributed by atoms with Crippen LogP contribution in [0.1, 0.15) is 10.4 Å². The Morgan fingerprint density at radius 1 is 1.00 bits per heavy atom. The minimum atomic E-state index is 0.648. The van der Waals surface area contributed by atoms with Gasteiger partial charge in [0.1, 0.15) is 5.75 Å². The number of rotatable bonds is 5. The van der Waals surface area contributed by atoms with E-state index in [0.717, 1.165) is 24.1 Å². The van der Waals surface area contributed by atoms with Crippen LogP contribution in [0.15, 0.2) is 54.8 Å². The molecular weight excluding hydrogens is 378 g/mol. The van der Waals surface area contributed by atoms with Crippen molar-refractivity contribution in [1.82, 2.24) is 4.90 Å². The highest BCUT2D eigenvalue weighted by molar-refractivity contribution is 7.16. The predicted octanol–water partition coefficient (Wildman–Crippen LogP) is 3.99. The minimum Gasteiger partial charge on any atom is -0.464 e. The third kappa shape index (κ3) is 3.55. The van der Waals surface area contributed by atoms with E-state index in [9.17, 15) is 0 Å². The van der Waals surface area contributed by atoms with Crippen molar-refractivity contribution in [2.45, 2.75) is 6.61 Å². The molecule has 5 rings (SSSR count). The lowest BCUT2D eigenvalue weighted by atomic mass is 10.0. The third-order valence-corrected chi connectivity index (χ3v) is 6.39. The highest BCUT2D eigenvalue weighted by atomic mass is 32.1. The van der Waals surface area contributed by atoms with Crippen LogP contribution >= 0.6 is 11.3 Å². The van der Waals surface area contributed by atoms with Gasteiger partial charge in [-0.25, -0.2) is 0 Å². The zero-order chi connectivity index (χ0) is 19.8. The summed E-state index contributed by atoms with van der Waals surface area (Å²) in [4.78, 5) is 4.71. The molecule has 0 N–H and O–H groups in total. The van der Waals surface area contributed by atoms with Gasteiger partial charge in [-0.15, -0.1) is 11.3 Å². The van der Waals surface area contributed by atoms with Crippen LogP contribution in [0.2, 0.25) is 0 Å². The van der Waals surface area contributed by atoms with Gasteiger partial charge in [-0.2, -0.15) is 0 Å². The van der Waals surface area contributed by atoms with E-state index in [1.807, 2.05) is 17.4 Å². The minimum absolute atomic E-state index is 0.648. The number of fused-ring (bicyclic) bond motifs is 6. The first kappa shape index (κ1) is 18.4. The second-order valence-corrected chi connectivity index (χ2v) is 8.77. The highest BCUT2D eigenvalue weighted by Gasteiger charge is 2.19. The summed E-state index contributed by atoms with van der Waals surface area (Å²) >= 11 is 1.84. The Morgan fingerprint density at radius 2 is 1.90 bits per heavy atom. The van der Waals surface area contributed by atoms with Crippen LogP contribution in [-0.4, -0.2) is 32.1 Å². The molecule has 3 nitrogen and oxygen atoms in total. The molecule has 2 aromatic carbocycles. The normalized spacial score (nSPS) is 13.3. The van der Waals surface area contributed by atoms with Gasteiger partial charge in [0, 0.05) is 27.1 Å². The lowest BCUT2D eigenvalue weighted by Gasteiger charge is -2.09. The molecule has 29 heavy (non-hydrogen) atoms. The number of hydrogen-bond donors (Lipinski definition) is 0. The van der Waals surface area contributed by atoms with Gasteiger partial charge >= 0.3 is 0 Å². The first-order chi connectivity index (χ1) is 14.2. The maximum absolute atomic E-state index is 5.93. The Kier molecular flexibility index (Phi) is 4.84. The van der Waals surface area contributed by atoms with Crippen LogP contribution in [0.25, 0.3) is 33.7 Å². The summed E-state index contributed by atoms with van der Waals surface area (Å²) in [5.74, 6) is 0.908. The fourth-order valence-corrected chi connectivity index (χ4v) is 4.94. The molecule has 0 fully saturated rings. The maximum atomic E-state index is 5.93. The molecular formula is C25H23NO2S. The molecule has 0 atom stereocenters. The molecule has 0 spiro atoms. The fourth-order valence-electron chi connectivity index (χ4n) is 3.78. The molecule has 0 radical (unpaired) electrons. The Balaban J connectivity index is 1.63. The summed E-state index contributed by atoms with van der Waals surface area (Å²) in [5.41, 5.74) is 5.05. The van der Waals surface area contributed by atoms with Crippen LogP contribution in [-0.2, 0) is 11.3 Å². The largest absolute Gasteiger partial charge is 0.464 e. The van der Waals surface area contributed by atoms with Gasteiger partial charge in [0.05, 0.1) is 19.5 Å². The van der Waals surface area contributed by atoms with Crippen LogP contribution < -0.4 is 15.2 Å². The lowest BCUT2D eigenvalue weighted by molar-refractivity contribution is 0.107. The first-order valence-corrected chi connectivity index (χ1v) is 10.6. The summed E-state index contributed by atoms with van der Waals surface area (Å²) in [6.07, 6.45) is 8.06. The van der Waals surface area contributed by atoms with Crippen LogP contribution in [0, 0.1) is 0 Å². The standard InChI is InChI=1S/C25H23NO2S/c1-26(2)9-11-27-16-20-15-23-22-13-18-7-5-10-28-24(18)14-19(22)12-17-6-3-4-8-21(17)25(23)29-20/h3-8,10,12-15H,9,11,16H2,1-2H3. The van der Waals surface area contributed by atoms with E-state index in [4.69, 9.17) is 9.47 Å². The van der Waals surface area contributed by atoms with Gasteiger partial charge in [0.2, 0.25) is 0 Å². The third-order valence-electron chi connectivity index (χ3n) is 5.25. The van der Waals surface area contributed by atoms with Crippen molar-refractivity contribution in [3.63, 3.8) is 0 Å². The van der Waals surface area contributed by atoms with E-state index in [1.54, 1.807) is 6.26 Å². The molecule has 2 heterocycles. The quantitative estimate of drug-likeness (QED) is 0.472. The first-order valence-electron chi connectivity index (χ1n) is 9.83. The smallest absolute Gasteiger partial charge is 0.134 e. The number of likely N-dealkylation sites (N-methyl/N-ethyl adjacent to an activating group) is 1. The van der Waals surface area contributed by atoms with Crippen LogP contribution in [0.4, 0.5) is 0 Å². The second-order valence-electron chi connectivity index (χ2n) is 7.63. The van der Waals surface area contributed by atoms with E-state index >= 15 is 0 Å². The van der Waals surface area contributed by atoms with E-state index in [0.29, 0.717) is 6.61 Å². The van der Waals surface area contributed by atoms with Gasteiger partial charge in [-0.1, -0.05) is 24.3 Å². The number of hydrogen-bond acceptors (Lipinski definition) is 4. The molecule has 4 heteroatoms. The van der Waals surface area contributed by atoms with Crippen molar-refractivity contribution in [2.24, 2.45) is 0 Å². The number of benzene rings is 2. The van der Waals surface area contributed by atoms with Gasteiger partial charge in [0.15, 0.2) is 0 Å². The van der Waals surface area contributed by atoms with Gasteiger partial charge in [-0.3, -0.25) is 0 Å². The molecule has 146 valence electrons. The fraction of sp³-hybridized carbons (Fsp3) is 0.200. The zero-order valence-electron chi connectivity index (χ0n) is 16.6. The summed E-state index contributed by atoms with van der Waals surface area (Å²) in [6, 6.07) is 15.3. The van der Waals surface area contributed by atoms with Crippen molar-refractivity contribution >= 4 is 23.5 Å². The van der Waals surface area contributed by atoms with Crippen molar-refractivity contribution < 1.29 is 9.47 Å². The highest BCUT2D eigenvalue weighted by Crippen LogP contribution is 2.41. The topological polar surface area (TPSA) is 21.7 Å². The molecule has 2 aliphatic rings. The van der Waals surface area contributed by atoms with E-state index in [2.05, 4.69) is 73.6 Å². The molecule has 3 aromatic rings. The van der Waals surface area contributed by atoms with Crippen molar-refractivity contribution in [3.05, 3.63) is 75.7 Å². The molecule has 0 unspecified atom stereocenters.